The first kappa shape index (κ1) is 13.3. The number of unbranched alkanes of at least 4 members (excludes halogenated alkanes) is 2. The van der Waals surface area contributed by atoms with Gasteiger partial charge in [-0.2, -0.15) is 0 Å². The van der Waals surface area contributed by atoms with Crippen LogP contribution in [0.1, 0.15) is 32.0 Å². The molecule has 0 fully saturated rings. The number of aryl methyl sites for hydroxylation is 1. The number of fused-ring (bicyclic) bond motifs is 1. The second kappa shape index (κ2) is 6.18. The Morgan fingerprint density at radius 1 is 1.37 bits per heavy atom. The van der Waals surface area contributed by atoms with Gasteiger partial charge in [-0.25, -0.2) is 9.78 Å². The normalized spacial score (nSPS) is 11.4. The van der Waals surface area contributed by atoms with Gasteiger partial charge in [0.1, 0.15) is 5.82 Å². The molecular weight excluding hydrogens is 240 g/mol. The number of para-hydroxylation sites is 2. The number of imidazole rings is 1. The molecule has 1 N–H and O–H groups in total. The molecule has 100 valence electrons. The minimum absolute atomic E-state index is 0.868. The van der Waals surface area contributed by atoms with Gasteiger partial charge in [0.15, 0.2) is 0 Å². The van der Waals surface area contributed by atoms with Gasteiger partial charge in [0.2, 0.25) is 0 Å². The Morgan fingerprint density at radius 2 is 2.16 bits per heavy atom. The highest BCUT2D eigenvalue weighted by Gasteiger charge is 2.08. The van der Waals surface area contributed by atoms with Crippen molar-refractivity contribution in [1.82, 2.24) is 9.55 Å². The van der Waals surface area contributed by atoms with Gasteiger partial charge in [0.05, 0.1) is 11.0 Å². The summed E-state index contributed by atoms with van der Waals surface area (Å²) in [6.45, 7) is 2.16. The van der Waals surface area contributed by atoms with Gasteiger partial charge in [-0.15, -0.1) is 0 Å². The number of hydrogen-bond acceptors (Lipinski definition) is 2. The van der Waals surface area contributed by atoms with Crippen LogP contribution in [-0.2, 0) is 11.2 Å². The van der Waals surface area contributed by atoms with Crippen LogP contribution >= 0.6 is 0 Å². The third kappa shape index (κ3) is 3.22. The van der Waals surface area contributed by atoms with E-state index in [2.05, 4.69) is 11.9 Å². The molecule has 4 heteroatoms. The minimum atomic E-state index is -0.947. The van der Waals surface area contributed by atoms with Crippen LogP contribution in [-0.4, -0.2) is 20.6 Å². The molecule has 2 aromatic rings. The van der Waals surface area contributed by atoms with E-state index in [4.69, 9.17) is 5.11 Å². The smallest absolute Gasteiger partial charge is 0.329 e. The molecule has 1 aromatic carbocycles. The zero-order valence-corrected chi connectivity index (χ0v) is 11.0. The molecule has 0 amide bonds. The molecule has 0 radical (unpaired) electrons. The van der Waals surface area contributed by atoms with E-state index in [1.807, 2.05) is 28.8 Å². The Hall–Kier alpha value is -2.10. The van der Waals surface area contributed by atoms with Gasteiger partial charge >= 0.3 is 5.97 Å². The van der Waals surface area contributed by atoms with Crippen molar-refractivity contribution in [3.05, 3.63) is 36.2 Å². The van der Waals surface area contributed by atoms with Crippen LogP contribution in [0.3, 0.4) is 0 Å². The fourth-order valence-corrected chi connectivity index (χ4v) is 2.11. The Morgan fingerprint density at radius 3 is 2.89 bits per heavy atom. The van der Waals surface area contributed by atoms with E-state index in [0.29, 0.717) is 0 Å². The monoisotopic (exact) mass is 258 g/mol. The molecular formula is C15H18N2O2. The average molecular weight is 258 g/mol. The summed E-state index contributed by atoms with van der Waals surface area (Å²) < 4.78 is 1.87. The number of nitrogens with zero attached hydrogens (tertiary/aromatic N) is 2. The Bertz CT molecular complexity index is 599. The number of rotatable bonds is 6. The van der Waals surface area contributed by atoms with Crippen molar-refractivity contribution in [3.63, 3.8) is 0 Å². The highest BCUT2D eigenvalue weighted by molar-refractivity contribution is 5.85. The summed E-state index contributed by atoms with van der Waals surface area (Å²) in [5.41, 5.74) is 1.86. The van der Waals surface area contributed by atoms with Crippen molar-refractivity contribution >= 4 is 23.2 Å². The van der Waals surface area contributed by atoms with E-state index >= 15 is 0 Å². The Kier molecular flexibility index (Phi) is 4.34. The van der Waals surface area contributed by atoms with E-state index in [9.17, 15) is 4.79 Å². The lowest BCUT2D eigenvalue weighted by Gasteiger charge is -2.02. The van der Waals surface area contributed by atoms with Crippen molar-refractivity contribution in [2.45, 2.75) is 32.6 Å². The van der Waals surface area contributed by atoms with Crippen LogP contribution in [0, 0.1) is 0 Å². The van der Waals surface area contributed by atoms with Crippen LogP contribution in [0.4, 0.5) is 0 Å². The predicted octanol–water partition coefficient (Wildman–Crippen LogP) is 3.32. The number of aromatic nitrogens is 2. The highest BCUT2D eigenvalue weighted by Crippen LogP contribution is 2.18. The molecule has 0 aliphatic carbocycles. The predicted molar refractivity (Wildman–Crippen MR) is 75.9 cm³/mol. The summed E-state index contributed by atoms with van der Waals surface area (Å²) in [7, 11) is 0. The maximum atomic E-state index is 10.7. The summed E-state index contributed by atoms with van der Waals surface area (Å²) in [6, 6.07) is 7.78. The molecule has 0 unspecified atom stereocenters. The van der Waals surface area contributed by atoms with Crippen LogP contribution in [0.25, 0.3) is 17.2 Å². The highest BCUT2D eigenvalue weighted by atomic mass is 16.4. The van der Waals surface area contributed by atoms with Gasteiger partial charge in [0.25, 0.3) is 0 Å². The Labute approximate surface area is 112 Å². The number of aliphatic carboxylic acids is 1. The quantitative estimate of drug-likeness (QED) is 0.638. The van der Waals surface area contributed by atoms with Crippen molar-refractivity contribution < 1.29 is 9.90 Å². The number of benzene rings is 1. The van der Waals surface area contributed by atoms with Gasteiger partial charge in [0, 0.05) is 18.7 Å². The first-order chi connectivity index (χ1) is 9.22. The number of carboxylic acid groups (broad SMARTS) is 1. The number of hydrogen-bond donors (Lipinski definition) is 1. The minimum Gasteiger partial charge on any atom is -0.478 e. The molecule has 1 heterocycles. The lowest BCUT2D eigenvalue weighted by atomic mass is 10.2. The third-order valence-corrected chi connectivity index (χ3v) is 3.04. The standard InChI is InChI=1S/C15H18N2O2/c1-2-3-4-9-14-16-12-7-5-6-8-13(12)17(14)11-10-15(18)19/h5-8,10-11H,2-4,9H2,1H3,(H,18,19)/b11-10-. The molecule has 19 heavy (non-hydrogen) atoms. The van der Waals surface area contributed by atoms with Crippen molar-refractivity contribution in [1.29, 1.82) is 0 Å². The summed E-state index contributed by atoms with van der Waals surface area (Å²) in [5.74, 6) is -0.0237. The first-order valence-corrected chi connectivity index (χ1v) is 6.59. The average Bonchev–Trinajstić information content (AvgIpc) is 2.74. The van der Waals surface area contributed by atoms with Crippen LogP contribution in [0.15, 0.2) is 30.3 Å². The lowest BCUT2D eigenvalue weighted by molar-refractivity contribution is -0.131. The molecule has 0 aliphatic heterocycles. The van der Waals surface area contributed by atoms with Crippen LogP contribution in [0.2, 0.25) is 0 Å². The van der Waals surface area contributed by atoms with Gasteiger partial charge < -0.3 is 9.67 Å². The molecule has 0 saturated heterocycles. The van der Waals surface area contributed by atoms with Crippen molar-refractivity contribution in [2.75, 3.05) is 0 Å². The zero-order valence-electron chi connectivity index (χ0n) is 11.0. The van der Waals surface area contributed by atoms with E-state index in [1.165, 1.54) is 0 Å². The second-order valence-corrected chi connectivity index (χ2v) is 4.50. The maximum absolute atomic E-state index is 10.7. The fraction of sp³-hybridized carbons (Fsp3) is 0.333. The molecule has 0 saturated carbocycles. The van der Waals surface area contributed by atoms with Gasteiger partial charge in [-0.05, 0) is 18.6 Å². The van der Waals surface area contributed by atoms with Gasteiger partial charge in [-0.3, -0.25) is 0 Å². The Balaban J connectivity index is 2.37. The second-order valence-electron chi connectivity index (χ2n) is 4.50. The largest absolute Gasteiger partial charge is 0.478 e. The molecule has 0 aliphatic rings. The first-order valence-electron chi connectivity index (χ1n) is 6.59. The maximum Gasteiger partial charge on any atom is 0.329 e. The van der Waals surface area contributed by atoms with E-state index < -0.39 is 5.97 Å². The number of carboxylic acids is 1. The SMILES string of the molecule is CCCCCc1nc2ccccc2n1/C=C\C(=O)O. The fourth-order valence-electron chi connectivity index (χ4n) is 2.11. The molecule has 0 atom stereocenters. The van der Waals surface area contributed by atoms with E-state index in [0.717, 1.165) is 48.6 Å². The van der Waals surface area contributed by atoms with E-state index in [-0.39, 0.29) is 0 Å². The van der Waals surface area contributed by atoms with Crippen molar-refractivity contribution in [2.24, 2.45) is 0 Å². The zero-order chi connectivity index (χ0) is 13.7. The van der Waals surface area contributed by atoms with Crippen LogP contribution < -0.4 is 0 Å². The number of carbonyl (C=O) groups is 1. The molecule has 4 nitrogen and oxygen atoms in total. The summed E-state index contributed by atoms with van der Waals surface area (Å²) in [5, 5.41) is 8.77. The topological polar surface area (TPSA) is 55.1 Å². The van der Waals surface area contributed by atoms with Gasteiger partial charge in [-0.1, -0.05) is 31.9 Å². The summed E-state index contributed by atoms with van der Waals surface area (Å²) in [6.07, 6.45) is 6.99. The third-order valence-electron chi connectivity index (χ3n) is 3.04. The molecule has 0 spiro atoms. The molecule has 0 bridgehead atoms. The van der Waals surface area contributed by atoms with Crippen LogP contribution in [0.5, 0.6) is 0 Å². The summed E-state index contributed by atoms with van der Waals surface area (Å²) in [4.78, 5) is 15.3. The molecule has 2 rings (SSSR count). The van der Waals surface area contributed by atoms with E-state index in [1.54, 1.807) is 6.20 Å². The molecule has 1 aromatic heterocycles. The lowest BCUT2D eigenvalue weighted by Crippen LogP contribution is -1.98. The summed E-state index contributed by atoms with van der Waals surface area (Å²) >= 11 is 0. The van der Waals surface area contributed by atoms with Crippen molar-refractivity contribution in [3.8, 4) is 0 Å².